The van der Waals surface area contributed by atoms with Gasteiger partial charge in [0.15, 0.2) is 0 Å². The number of esters is 2. The molecular formula is C10H20AlO5. The van der Waals surface area contributed by atoms with Crippen LogP contribution in [0.2, 0.25) is 0 Å². The van der Waals surface area contributed by atoms with Gasteiger partial charge >= 0.3 is 27.8 Å². The molecule has 0 fully saturated rings. The first-order valence-electron chi connectivity index (χ1n) is 5.07. The van der Waals surface area contributed by atoms with Crippen LogP contribution < -0.4 is 0 Å². The maximum Gasteiger partial charge on any atom is 0.668 e. The average Bonchev–Trinajstić information content (AvgIpc) is 2.00. The fourth-order valence-corrected chi connectivity index (χ4v) is 0.965. The molecule has 0 unspecified atom stereocenters. The fourth-order valence-electron chi connectivity index (χ4n) is 0.457. The second-order valence-corrected chi connectivity index (χ2v) is 4.29. The molecule has 93 valence electrons. The molecule has 0 aliphatic heterocycles. The van der Waals surface area contributed by atoms with Crippen molar-refractivity contribution in [3.63, 3.8) is 0 Å². The van der Waals surface area contributed by atoms with Gasteiger partial charge in [-0.2, -0.15) is 0 Å². The topological polar surface area (TPSA) is 61.8 Å². The van der Waals surface area contributed by atoms with Gasteiger partial charge in [-0.05, 0) is 27.7 Å². The molecule has 0 bridgehead atoms. The van der Waals surface area contributed by atoms with Gasteiger partial charge in [0.25, 0.3) is 0 Å². The summed E-state index contributed by atoms with van der Waals surface area (Å²) in [6.45, 7) is 10.4. The van der Waals surface area contributed by atoms with Crippen molar-refractivity contribution in [1.29, 1.82) is 0 Å². The van der Waals surface area contributed by atoms with Crippen molar-refractivity contribution in [2.75, 3.05) is 0 Å². The molecule has 0 aliphatic carbocycles. The first-order chi connectivity index (χ1) is 7.25. The van der Waals surface area contributed by atoms with E-state index in [9.17, 15) is 9.59 Å². The van der Waals surface area contributed by atoms with Crippen molar-refractivity contribution in [3.05, 3.63) is 0 Å². The van der Waals surface area contributed by atoms with Crippen LogP contribution in [0, 0.1) is 0 Å². The minimum absolute atomic E-state index is 0.245. The summed E-state index contributed by atoms with van der Waals surface area (Å²) in [5, 5.41) is 0. The van der Waals surface area contributed by atoms with Gasteiger partial charge in [0.05, 0.1) is 0 Å². The average molecular weight is 247 g/mol. The second-order valence-electron chi connectivity index (χ2n) is 3.55. The van der Waals surface area contributed by atoms with Gasteiger partial charge in [-0.1, -0.05) is 0 Å². The minimum atomic E-state index is -0.562. The molecule has 0 aliphatic rings. The van der Waals surface area contributed by atoms with Gasteiger partial charge < -0.3 is 12.3 Å². The standard InChI is InChI=1S/C4H6O3.2C3H7O.Al/c1-3(5)7-4(2)6;2*1-3(2)4;/h1-2H3;2*3H,1-2H3;/q;2*-1;+2. The summed E-state index contributed by atoms with van der Waals surface area (Å²) < 4.78 is 14.4. The SMILES string of the molecule is CC(=O)OC(C)=O.CC(C)[O][Al][O]C(C)C. The zero-order valence-corrected chi connectivity index (χ0v) is 11.9. The van der Waals surface area contributed by atoms with E-state index in [-0.39, 0.29) is 15.9 Å². The molecule has 0 aromatic carbocycles. The summed E-state index contributed by atoms with van der Waals surface area (Å²) in [5.41, 5.74) is 0. The van der Waals surface area contributed by atoms with Crippen LogP contribution in [-0.2, 0) is 21.9 Å². The molecule has 6 heteroatoms. The number of hydrogen-bond donors (Lipinski definition) is 0. The molecule has 0 saturated carbocycles. The Bertz CT molecular complexity index is 183. The molecule has 0 spiro atoms. The Morgan fingerprint density at radius 1 is 0.875 bits per heavy atom. The molecule has 1 radical (unpaired) electrons. The van der Waals surface area contributed by atoms with Crippen LogP contribution in [0.5, 0.6) is 0 Å². The van der Waals surface area contributed by atoms with Crippen molar-refractivity contribution in [1.82, 2.24) is 0 Å². The van der Waals surface area contributed by atoms with Crippen LogP contribution in [0.4, 0.5) is 0 Å². The number of carbonyl (C=O) groups excluding carboxylic acids is 2. The predicted octanol–water partition coefficient (Wildman–Crippen LogP) is 1.47. The highest BCUT2D eigenvalue weighted by atomic mass is 27.2. The molecule has 0 amide bonds. The van der Waals surface area contributed by atoms with Gasteiger partial charge in [0.2, 0.25) is 0 Å². The van der Waals surface area contributed by atoms with Crippen LogP contribution in [-0.4, -0.2) is 40.0 Å². The van der Waals surface area contributed by atoms with E-state index >= 15 is 0 Å². The summed E-state index contributed by atoms with van der Waals surface area (Å²) in [6.07, 6.45) is 0.609. The van der Waals surface area contributed by atoms with E-state index in [1.54, 1.807) is 0 Å². The van der Waals surface area contributed by atoms with Gasteiger partial charge in [0, 0.05) is 26.1 Å². The predicted molar refractivity (Wildman–Crippen MR) is 60.6 cm³/mol. The van der Waals surface area contributed by atoms with Crippen molar-refractivity contribution in [2.45, 2.75) is 53.8 Å². The summed E-state index contributed by atoms with van der Waals surface area (Å²) in [6, 6.07) is 0. The van der Waals surface area contributed by atoms with E-state index in [1.165, 1.54) is 13.8 Å². The van der Waals surface area contributed by atoms with Crippen molar-refractivity contribution in [3.8, 4) is 0 Å². The first kappa shape index (κ1) is 18.0. The summed E-state index contributed by atoms with van der Waals surface area (Å²) in [5.74, 6) is -1.12. The smallest absolute Gasteiger partial charge is 0.482 e. The molecule has 0 rings (SSSR count). The molecule has 16 heavy (non-hydrogen) atoms. The van der Waals surface area contributed by atoms with Gasteiger partial charge in [-0.15, -0.1) is 0 Å². The zero-order chi connectivity index (χ0) is 13.1. The van der Waals surface area contributed by atoms with E-state index in [0.717, 1.165) is 0 Å². The lowest BCUT2D eigenvalue weighted by Crippen LogP contribution is -2.14. The molecule has 0 aromatic rings. The lowest BCUT2D eigenvalue weighted by atomic mass is 10.5. The molecule has 0 atom stereocenters. The second kappa shape index (κ2) is 11.1. The number of rotatable bonds is 4. The Balaban J connectivity index is 0. The lowest BCUT2D eigenvalue weighted by molar-refractivity contribution is -0.156. The molecule has 0 aromatic heterocycles. The van der Waals surface area contributed by atoms with Crippen molar-refractivity contribution >= 4 is 27.8 Å². The highest BCUT2D eigenvalue weighted by molar-refractivity contribution is 6.18. The van der Waals surface area contributed by atoms with Gasteiger partial charge in [-0.25, -0.2) is 0 Å². The fraction of sp³-hybridized carbons (Fsp3) is 0.800. The normalized spacial score (nSPS) is 9.50. The quantitative estimate of drug-likeness (QED) is 0.427. The Labute approximate surface area is 104 Å². The Kier molecular flexibility index (Phi) is 12.5. The summed E-state index contributed by atoms with van der Waals surface area (Å²) >= 11 is -0.245. The number of hydrogen-bond acceptors (Lipinski definition) is 5. The van der Waals surface area contributed by atoms with E-state index in [0.29, 0.717) is 12.2 Å². The molecule has 5 nitrogen and oxygen atoms in total. The van der Waals surface area contributed by atoms with E-state index in [4.69, 9.17) is 7.58 Å². The third-order valence-corrected chi connectivity index (χ3v) is 2.25. The largest absolute Gasteiger partial charge is 0.668 e. The van der Waals surface area contributed by atoms with Crippen LogP contribution in [0.25, 0.3) is 0 Å². The highest BCUT2D eigenvalue weighted by Gasteiger charge is 2.01. The van der Waals surface area contributed by atoms with E-state index in [1.807, 2.05) is 27.7 Å². The van der Waals surface area contributed by atoms with Crippen LogP contribution in [0.1, 0.15) is 41.5 Å². The zero-order valence-electron chi connectivity index (χ0n) is 10.8. The van der Waals surface area contributed by atoms with Crippen LogP contribution >= 0.6 is 0 Å². The Morgan fingerprint density at radius 2 is 1.19 bits per heavy atom. The summed E-state index contributed by atoms with van der Waals surface area (Å²) in [7, 11) is 0. The lowest BCUT2D eigenvalue weighted by Gasteiger charge is -2.09. The number of ether oxygens (including phenoxy) is 1. The maximum absolute atomic E-state index is 9.81. The Morgan fingerprint density at radius 3 is 1.31 bits per heavy atom. The van der Waals surface area contributed by atoms with Crippen LogP contribution in [0.15, 0.2) is 0 Å². The number of carbonyl (C=O) groups is 2. The summed E-state index contributed by atoms with van der Waals surface area (Å²) in [4.78, 5) is 19.6. The van der Waals surface area contributed by atoms with E-state index < -0.39 is 11.9 Å². The monoisotopic (exact) mass is 247 g/mol. The third kappa shape index (κ3) is 23.4. The maximum atomic E-state index is 9.81. The van der Waals surface area contributed by atoms with E-state index in [2.05, 4.69) is 4.74 Å². The molecule has 0 heterocycles. The van der Waals surface area contributed by atoms with Crippen molar-refractivity contribution in [2.24, 2.45) is 0 Å². The van der Waals surface area contributed by atoms with Gasteiger partial charge in [0.1, 0.15) is 0 Å². The molecule has 0 N–H and O–H groups in total. The van der Waals surface area contributed by atoms with Crippen molar-refractivity contribution < 1.29 is 21.9 Å². The molecule has 0 saturated heterocycles. The Hall–Kier alpha value is -0.408. The first-order valence-corrected chi connectivity index (χ1v) is 6.01. The third-order valence-electron chi connectivity index (χ3n) is 0.943. The minimum Gasteiger partial charge on any atom is -0.482 e. The van der Waals surface area contributed by atoms with Gasteiger partial charge in [-0.3, -0.25) is 9.59 Å². The highest BCUT2D eigenvalue weighted by Crippen LogP contribution is 1.89. The molecular weight excluding hydrogens is 227 g/mol. The van der Waals surface area contributed by atoms with Crippen LogP contribution in [0.3, 0.4) is 0 Å².